The van der Waals surface area contributed by atoms with Crippen molar-refractivity contribution in [1.29, 1.82) is 0 Å². The van der Waals surface area contributed by atoms with Crippen molar-refractivity contribution in [3.63, 3.8) is 0 Å². The summed E-state index contributed by atoms with van der Waals surface area (Å²) in [5.41, 5.74) is 1.17. The van der Waals surface area contributed by atoms with Crippen LogP contribution in [0.2, 0.25) is 0 Å². The van der Waals surface area contributed by atoms with E-state index in [1.165, 1.54) is 30.2 Å². The summed E-state index contributed by atoms with van der Waals surface area (Å²) in [5, 5.41) is 15.0. The van der Waals surface area contributed by atoms with Crippen molar-refractivity contribution < 1.29 is 26.3 Å². The molecule has 2 aliphatic rings. The van der Waals surface area contributed by atoms with Gasteiger partial charge >= 0.3 is 0 Å². The lowest BCUT2D eigenvalue weighted by Crippen LogP contribution is -2.40. The molecule has 0 aliphatic carbocycles. The lowest BCUT2D eigenvalue weighted by Gasteiger charge is -2.26. The molecule has 0 spiro atoms. The van der Waals surface area contributed by atoms with Gasteiger partial charge < -0.3 is 9.47 Å². The van der Waals surface area contributed by atoms with Crippen LogP contribution in [0, 0.1) is 0 Å². The highest BCUT2D eigenvalue weighted by atomic mass is 33.1. The average Bonchev–Trinajstić information content (AvgIpc) is 3.71. The molecule has 2 aliphatic heterocycles. The lowest BCUT2D eigenvalue weighted by molar-refractivity contribution is 0.0730. The second kappa shape index (κ2) is 12.4. The van der Waals surface area contributed by atoms with Gasteiger partial charge in [0, 0.05) is 37.3 Å². The molecule has 0 saturated carbocycles. The third kappa shape index (κ3) is 6.25. The van der Waals surface area contributed by atoms with Crippen LogP contribution in [0.4, 0.5) is 0 Å². The zero-order valence-corrected chi connectivity index (χ0v) is 25.3. The van der Waals surface area contributed by atoms with Gasteiger partial charge in [-0.3, -0.25) is 10.2 Å². The quantitative estimate of drug-likeness (QED) is 0.253. The van der Waals surface area contributed by atoms with Gasteiger partial charge in [-0.05, 0) is 45.9 Å². The topological polar surface area (TPSA) is 176 Å². The maximum Gasteiger partial charge on any atom is 0.243 e. The van der Waals surface area contributed by atoms with E-state index in [4.69, 9.17) is 9.47 Å². The largest absolute Gasteiger partial charge is 0.379 e. The summed E-state index contributed by atoms with van der Waals surface area (Å²) in [6.07, 6.45) is 0. The summed E-state index contributed by atoms with van der Waals surface area (Å²) in [7, 11) is -4.86. The van der Waals surface area contributed by atoms with Crippen LogP contribution in [-0.4, -0.2) is 108 Å². The molecule has 2 aromatic heterocycles. The molecule has 0 amide bonds. The SMILES string of the molecule is O=S(=O)(c1cccc(-c2nc(SSc3n[nH]c(-c4cccc(S(=O)(=O)N5CCOCC5)c4)n3)n[nH]2)c1)N1CCOCC1. The van der Waals surface area contributed by atoms with Gasteiger partial charge in [0.1, 0.15) is 0 Å². The van der Waals surface area contributed by atoms with Gasteiger partial charge in [-0.2, -0.15) is 8.61 Å². The molecule has 4 heterocycles. The zero-order valence-electron chi connectivity index (χ0n) is 22.0. The predicted molar refractivity (Wildman–Crippen MR) is 155 cm³/mol. The third-order valence-electron chi connectivity index (χ3n) is 6.55. The molecule has 2 aromatic carbocycles. The first-order chi connectivity index (χ1) is 20.3. The summed E-state index contributed by atoms with van der Waals surface area (Å²) < 4.78 is 65.5. The number of hydrogen-bond acceptors (Lipinski definition) is 12. The molecule has 18 heteroatoms. The van der Waals surface area contributed by atoms with Crippen molar-refractivity contribution in [2.45, 2.75) is 20.1 Å². The van der Waals surface area contributed by atoms with Gasteiger partial charge in [-0.15, -0.1) is 10.2 Å². The Hall–Kier alpha value is -2.84. The van der Waals surface area contributed by atoms with E-state index >= 15 is 0 Å². The van der Waals surface area contributed by atoms with E-state index in [0.717, 1.165) is 0 Å². The normalized spacial score (nSPS) is 17.4. The van der Waals surface area contributed by atoms with E-state index in [9.17, 15) is 16.8 Å². The number of benzene rings is 2. The van der Waals surface area contributed by atoms with Gasteiger partial charge in [-0.1, -0.05) is 24.3 Å². The summed E-state index contributed by atoms with van der Waals surface area (Å²) in [4.78, 5) is 9.32. The molecule has 14 nitrogen and oxygen atoms in total. The minimum atomic E-state index is -3.65. The minimum Gasteiger partial charge on any atom is -0.379 e. The molecule has 0 unspecified atom stereocenters. The average molecular weight is 651 g/mol. The van der Waals surface area contributed by atoms with Crippen LogP contribution in [-0.2, 0) is 29.5 Å². The highest BCUT2D eigenvalue weighted by Gasteiger charge is 2.28. The van der Waals surface area contributed by atoms with E-state index < -0.39 is 20.0 Å². The second-order valence-electron chi connectivity index (χ2n) is 9.19. The first-order valence-electron chi connectivity index (χ1n) is 12.9. The molecule has 0 radical (unpaired) electrons. The molecular formula is C24H26N8O6S4. The number of H-pyrrole nitrogens is 2. The van der Waals surface area contributed by atoms with E-state index in [0.29, 0.717) is 85.7 Å². The monoisotopic (exact) mass is 650 g/mol. The number of rotatable bonds is 9. The van der Waals surface area contributed by atoms with Crippen LogP contribution in [0.3, 0.4) is 0 Å². The number of ether oxygens (including phenoxy) is 2. The van der Waals surface area contributed by atoms with Gasteiger partial charge in [0.2, 0.25) is 30.4 Å². The second-order valence-corrected chi connectivity index (χ2v) is 15.1. The van der Waals surface area contributed by atoms with Gasteiger partial charge in [0.25, 0.3) is 0 Å². The van der Waals surface area contributed by atoms with Crippen molar-refractivity contribution in [2.24, 2.45) is 0 Å². The molecule has 2 fully saturated rings. The molecule has 2 N–H and O–H groups in total. The molecule has 4 aromatic rings. The fraction of sp³-hybridized carbons (Fsp3) is 0.333. The molecule has 0 atom stereocenters. The van der Waals surface area contributed by atoms with Crippen LogP contribution >= 0.6 is 21.6 Å². The van der Waals surface area contributed by atoms with Crippen LogP contribution in [0.15, 0.2) is 68.6 Å². The molecule has 2 saturated heterocycles. The minimum absolute atomic E-state index is 0.178. The first kappa shape index (κ1) is 29.2. The molecule has 0 bridgehead atoms. The summed E-state index contributed by atoms with van der Waals surface area (Å²) in [6, 6.07) is 13.1. The number of morpholine rings is 2. The Labute approximate surface area is 250 Å². The number of nitrogens with one attached hydrogen (secondary N) is 2. The number of nitrogens with zero attached hydrogens (tertiary/aromatic N) is 6. The van der Waals surface area contributed by atoms with Gasteiger partial charge in [0.15, 0.2) is 11.6 Å². The number of aromatic nitrogens is 6. The number of sulfonamides is 2. The van der Waals surface area contributed by atoms with E-state index in [1.807, 2.05) is 0 Å². The van der Waals surface area contributed by atoms with Crippen molar-refractivity contribution >= 4 is 41.6 Å². The van der Waals surface area contributed by atoms with Gasteiger partial charge in [-0.25, -0.2) is 26.8 Å². The standard InChI is InChI=1S/C24H26N8O6S4/c33-41(34,31-7-11-37-12-8-31)19-5-1-3-17(15-19)21-25-23(29-27-21)39-40-24-26-22(28-30-24)18-4-2-6-20(16-18)42(35,36)32-9-13-38-14-10-32/h1-6,15-16H,7-14H2,(H,25,27,29)(H,26,28,30). The summed E-state index contributed by atoms with van der Waals surface area (Å²) in [5.74, 6) is 0.845. The number of aromatic amines is 2. The summed E-state index contributed by atoms with van der Waals surface area (Å²) >= 11 is 0. The summed E-state index contributed by atoms with van der Waals surface area (Å²) in [6.45, 7) is 2.74. The smallest absolute Gasteiger partial charge is 0.243 e. The third-order valence-corrected chi connectivity index (χ3v) is 12.2. The van der Waals surface area contributed by atoms with Gasteiger partial charge in [0.05, 0.1) is 36.2 Å². The van der Waals surface area contributed by atoms with Crippen LogP contribution in [0.5, 0.6) is 0 Å². The van der Waals surface area contributed by atoms with Crippen molar-refractivity contribution in [3.8, 4) is 22.8 Å². The Morgan fingerprint density at radius 2 is 1.05 bits per heavy atom. The van der Waals surface area contributed by atoms with Crippen LogP contribution in [0.25, 0.3) is 22.8 Å². The highest BCUT2D eigenvalue weighted by Crippen LogP contribution is 2.35. The molecule has 222 valence electrons. The van der Waals surface area contributed by atoms with E-state index in [-0.39, 0.29) is 9.79 Å². The maximum atomic E-state index is 13.0. The molecular weight excluding hydrogens is 625 g/mol. The first-order valence-corrected chi connectivity index (χ1v) is 17.9. The Morgan fingerprint density at radius 1 is 0.643 bits per heavy atom. The Bertz CT molecular complexity index is 1640. The zero-order chi connectivity index (χ0) is 29.2. The maximum absolute atomic E-state index is 13.0. The van der Waals surface area contributed by atoms with Crippen molar-refractivity contribution in [3.05, 3.63) is 48.5 Å². The Balaban J connectivity index is 1.12. The molecule has 6 rings (SSSR count). The predicted octanol–water partition coefficient (Wildman–Crippen LogP) is 2.10. The number of hydrogen-bond donors (Lipinski definition) is 2. The van der Waals surface area contributed by atoms with Crippen molar-refractivity contribution in [1.82, 2.24) is 39.0 Å². The Kier molecular flexibility index (Phi) is 8.64. The fourth-order valence-electron chi connectivity index (χ4n) is 4.38. The van der Waals surface area contributed by atoms with Crippen LogP contribution in [0.1, 0.15) is 0 Å². The van der Waals surface area contributed by atoms with E-state index in [2.05, 4.69) is 30.4 Å². The van der Waals surface area contributed by atoms with E-state index in [1.54, 1.807) is 48.5 Å². The lowest BCUT2D eigenvalue weighted by atomic mass is 10.2. The molecule has 42 heavy (non-hydrogen) atoms. The van der Waals surface area contributed by atoms with Crippen molar-refractivity contribution in [2.75, 3.05) is 52.6 Å². The highest BCUT2D eigenvalue weighted by molar-refractivity contribution is 8.76. The Morgan fingerprint density at radius 3 is 1.45 bits per heavy atom. The van der Waals surface area contributed by atoms with Crippen LogP contribution < -0.4 is 0 Å². The fourth-order valence-corrected chi connectivity index (χ4v) is 8.76.